The standard InChI is InChI=1S/C10H10BrN/c1-7-5-8-3-2-4-10(11)9(8)6-12-7/h2-4,6-7H,5H2,1H3. The van der Waals surface area contributed by atoms with E-state index in [0.29, 0.717) is 6.04 Å². The fourth-order valence-corrected chi connectivity index (χ4v) is 1.99. The van der Waals surface area contributed by atoms with Crippen molar-refractivity contribution < 1.29 is 0 Å². The summed E-state index contributed by atoms with van der Waals surface area (Å²) in [6.45, 7) is 2.14. The van der Waals surface area contributed by atoms with Crippen LogP contribution in [0.2, 0.25) is 0 Å². The minimum atomic E-state index is 0.437. The van der Waals surface area contributed by atoms with Gasteiger partial charge in [-0.1, -0.05) is 28.1 Å². The molecular formula is C10H10BrN. The lowest BCUT2D eigenvalue weighted by molar-refractivity contribution is 0.732. The van der Waals surface area contributed by atoms with Crippen LogP contribution in [0.3, 0.4) is 0 Å². The van der Waals surface area contributed by atoms with Crippen LogP contribution < -0.4 is 0 Å². The lowest BCUT2D eigenvalue weighted by atomic mass is 9.99. The second-order valence-corrected chi connectivity index (χ2v) is 4.00. The zero-order valence-electron chi connectivity index (χ0n) is 6.92. The van der Waals surface area contributed by atoms with Crippen molar-refractivity contribution in [3.8, 4) is 0 Å². The lowest BCUT2D eigenvalue weighted by Gasteiger charge is -2.15. The predicted octanol–water partition coefficient (Wildman–Crippen LogP) is 2.81. The van der Waals surface area contributed by atoms with E-state index in [1.54, 1.807) is 0 Å². The molecule has 0 amide bonds. The van der Waals surface area contributed by atoms with Gasteiger partial charge in [-0.05, 0) is 25.0 Å². The Hall–Kier alpha value is -0.630. The maximum atomic E-state index is 4.38. The average Bonchev–Trinajstić information content (AvgIpc) is 2.04. The number of fused-ring (bicyclic) bond motifs is 1. The van der Waals surface area contributed by atoms with Crippen molar-refractivity contribution in [1.29, 1.82) is 0 Å². The van der Waals surface area contributed by atoms with Crippen LogP contribution in [0.1, 0.15) is 18.1 Å². The normalized spacial score (nSPS) is 20.7. The molecule has 0 fully saturated rings. The van der Waals surface area contributed by atoms with E-state index in [4.69, 9.17) is 0 Å². The van der Waals surface area contributed by atoms with Gasteiger partial charge >= 0.3 is 0 Å². The molecule has 0 aliphatic carbocycles. The van der Waals surface area contributed by atoms with E-state index in [1.165, 1.54) is 11.1 Å². The Morgan fingerprint density at radius 2 is 2.33 bits per heavy atom. The van der Waals surface area contributed by atoms with E-state index in [-0.39, 0.29) is 0 Å². The van der Waals surface area contributed by atoms with Gasteiger partial charge < -0.3 is 0 Å². The van der Waals surface area contributed by atoms with Gasteiger partial charge in [-0.3, -0.25) is 4.99 Å². The van der Waals surface area contributed by atoms with Crippen LogP contribution in [-0.4, -0.2) is 12.3 Å². The van der Waals surface area contributed by atoms with Crippen molar-refractivity contribution in [3.63, 3.8) is 0 Å². The number of benzene rings is 1. The smallest absolute Gasteiger partial charge is 0.0512 e. The van der Waals surface area contributed by atoms with Gasteiger partial charge in [0.05, 0.1) is 6.04 Å². The second-order valence-electron chi connectivity index (χ2n) is 3.14. The minimum Gasteiger partial charge on any atom is -0.289 e. The highest BCUT2D eigenvalue weighted by atomic mass is 79.9. The van der Waals surface area contributed by atoms with Crippen molar-refractivity contribution in [2.45, 2.75) is 19.4 Å². The molecule has 0 bridgehead atoms. The molecule has 0 saturated heterocycles. The van der Waals surface area contributed by atoms with E-state index in [9.17, 15) is 0 Å². The maximum Gasteiger partial charge on any atom is 0.0512 e. The highest BCUT2D eigenvalue weighted by Crippen LogP contribution is 2.23. The summed E-state index contributed by atoms with van der Waals surface area (Å²) in [6, 6.07) is 6.74. The summed E-state index contributed by atoms with van der Waals surface area (Å²) >= 11 is 3.51. The molecule has 1 atom stereocenters. The number of halogens is 1. The number of rotatable bonds is 0. The molecule has 0 N–H and O–H groups in total. The number of aliphatic imine (C=N–C) groups is 1. The van der Waals surface area contributed by atoms with Crippen molar-refractivity contribution in [1.82, 2.24) is 0 Å². The first-order valence-corrected chi connectivity index (χ1v) is 4.87. The Morgan fingerprint density at radius 3 is 3.17 bits per heavy atom. The van der Waals surface area contributed by atoms with Crippen molar-refractivity contribution >= 4 is 22.1 Å². The van der Waals surface area contributed by atoms with E-state index < -0.39 is 0 Å². The third-order valence-electron chi connectivity index (χ3n) is 2.12. The van der Waals surface area contributed by atoms with Crippen molar-refractivity contribution in [2.75, 3.05) is 0 Å². The van der Waals surface area contributed by atoms with Crippen LogP contribution >= 0.6 is 15.9 Å². The Labute approximate surface area is 80.6 Å². The molecule has 2 heteroatoms. The molecule has 12 heavy (non-hydrogen) atoms. The van der Waals surface area contributed by atoms with Crippen LogP contribution in [0.15, 0.2) is 27.7 Å². The van der Waals surface area contributed by atoms with Gasteiger partial charge in [0.2, 0.25) is 0 Å². The minimum absolute atomic E-state index is 0.437. The highest BCUT2D eigenvalue weighted by Gasteiger charge is 2.11. The summed E-state index contributed by atoms with van der Waals surface area (Å²) < 4.78 is 1.15. The van der Waals surface area contributed by atoms with E-state index in [0.717, 1.165) is 10.9 Å². The summed E-state index contributed by atoms with van der Waals surface area (Å²) in [4.78, 5) is 4.38. The molecule has 0 aromatic heterocycles. The van der Waals surface area contributed by atoms with Crippen LogP contribution in [-0.2, 0) is 6.42 Å². The summed E-state index contributed by atoms with van der Waals surface area (Å²) in [6.07, 6.45) is 3.03. The fraction of sp³-hybridized carbons (Fsp3) is 0.300. The molecule has 0 radical (unpaired) electrons. The Morgan fingerprint density at radius 1 is 1.50 bits per heavy atom. The van der Waals surface area contributed by atoms with Gasteiger partial charge in [-0.25, -0.2) is 0 Å². The van der Waals surface area contributed by atoms with Gasteiger partial charge in [-0.15, -0.1) is 0 Å². The maximum absolute atomic E-state index is 4.38. The van der Waals surface area contributed by atoms with Crippen LogP contribution in [0.25, 0.3) is 0 Å². The van der Waals surface area contributed by atoms with Gasteiger partial charge in [0.15, 0.2) is 0 Å². The molecule has 1 aliphatic heterocycles. The van der Waals surface area contributed by atoms with Gasteiger partial charge in [-0.2, -0.15) is 0 Å². The largest absolute Gasteiger partial charge is 0.289 e. The number of hydrogen-bond acceptors (Lipinski definition) is 1. The first-order valence-electron chi connectivity index (χ1n) is 4.08. The first kappa shape index (κ1) is 7.99. The zero-order valence-corrected chi connectivity index (χ0v) is 8.51. The van der Waals surface area contributed by atoms with E-state index in [2.05, 4.69) is 46.0 Å². The Bertz CT molecular complexity index is 331. The fourth-order valence-electron chi connectivity index (χ4n) is 1.48. The third-order valence-corrected chi connectivity index (χ3v) is 2.81. The summed E-state index contributed by atoms with van der Waals surface area (Å²) in [5, 5.41) is 0. The summed E-state index contributed by atoms with van der Waals surface area (Å²) in [5.74, 6) is 0. The molecule has 1 aromatic carbocycles. The van der Waals surface area contributed by atoms with Crippen LogP contribution in [0.5, 0.6) is 0 Å². The molecule has 0 spiro atoms. The van der Waals surface area contributed by atoms with Crippen molar-refractivity contribution in [2.24, 2.45) is 4.99 Å². The lowest BCUT2D eigenvalue weighted by Crippen LogP contribution is -2.11. The van der Waals surface area contributed by atoms with Crippen molar-refractivity contribution in [3.05, 3.63) is 33.8 Å². The molecule has 1 aliphatic rings. The number of nitrogens with zero attached hydrogens (tertiary/aromatic N) is 1. The second kappa shape index (κ2) is 3.02. The average molecular weight is 224 g/mol. The molecule has 1 nitrogen and oxygen atoms in total. The van der Waals surface area contributed by atoms with Crippen LogP contribution in [0.4, 0.5) is 0 Å². The van der Waals surface area contributed by atoms with Crippen LogP contribution in [0, 0.1) is 0 Å². The summed E-state index contributed by atoms with van der Waals surface area (Å²) in [5.41, 5.74) is 2.64. The van der Waals surface area contributed by atoms with E-state index in [1.807, 2.05) is 6.21 Å². The molecule has 1 heterocycles. The zero-order chi connectivity index (χ0) is 8.55. The molecule has 1 aromatic rings. The third kappa shape index (κ3) is 1.31. The van der Waals surface area contributed by atoms with E-state index >= 15 is 0 Å². The number of hydrogen-bond donors (Lipinski definition) is 0. The molecule has 62 valence electrons. The predicted molar refractivity (Wildman–Crippen MR) is 54.9 cm³/mol. The highest BCUT2D eigenvalue weighted by molar-refractivity contribution is 9.10. The monoisotopic (exact) mass is 223 g/mol. The molecule has 0 saturated carbocycles. The van der Waals surface area contributed by atoms with Gasteiger partial charge in [0.1, 0.15) is 0 Å². The Balaban J connectivity index is 2.53. The quantitative estimate of drug-likeness (QED) is 0.642. The molecule has 1 unspecified atom stereocenters. The Kier molecular flexibility index (Phi) is 2.01. The molecular weight excluding hydrogens is 214 g/mol. The SMILES string of the molecule is CC1Cc2cccc(Br)c2C=N1. The summed E-state index contributed by atoms with van der Waals surface area (Å²) in [7, 11) is 0. The topological polar surface area (TPSA) is 12.4 Å². The van der Waals surface area contributed by atoms with Gasteiger partial charge in [0.25, 0.3) is 0 Å². The van der Waals surface area contributed by atoms with Gasteiger partial charge in [0, 0.05) is 16.3 Å². The first-order chi connectivity index (χ1) is 5.77. The molecule has 2 rings (SSSR count).